The lowest BCUT2D eigenvalue weighted by atomic mass is 9.94. The quantitative estimate of drug-likeness (QED) is 0.774. The van der Waals surface area contributed by atoms with Crippen molar-refractivity contribution in [1.29, 1.82) is 0 Å². The van der Waals surface area contributed by atoms with Crippen LogP contribution in [-0.4, -0.2) is 11.3 Å². The van der Waals surface area contributed by atoms with Crippen LogP contribution in [0.25, 0.3) is 0 Å². The zero-order valence-corrected chi connectivity index (χ0v) is 9.97. The van der Waals surface area contributed by atoms with Crippen LogP contribution in [0.1, 0.15) is 17.0 Å². The highest BCUT2D eigenvalue weighted by atomic mass is 35.5. The van der Waals surface area contributed by atoms with Crippen molar-refractivity contribution in [2.24, 2.45) is 0 Å². The number of hydrogen-bond acceptors (Lipinski definition) is 2. The number of rotatable bonds is 4. The van der Waals surface area contributed by atoms with Crippen molar-refractivity contribution in [2.75, 3.05) is 0 Å². The van der Waals surface area contributed by atoms with E-state index in [1.165, 1.54) is 0 Å². The van der Waals surface area contributed by atoms with Crippen LogP contribution in [-0.2, 0) is 11.2 Å². The molecule has 1 aromatic heterocycles. The molecule has 2 aromatic rings. The molecule has 0 spiro atoms. The van der Waals surface area contributed by atoms with E-state index in [0.29, 0.717) is 11.4 Å². The van der Waals surface area contributed by atoms with Crippen LogP contribution in [0.5, 0.6) is 0 Å². The third kappa shape index (κ3) is 3.14. The van der Waals surface area contributed by atoms with Crippen molar-refractivity contribution in [3.8, 4) is 0 Å². The predicted octanol–water partition coefficient (Wildman–Crippen LogP) is 3.26. The molecule has 0 radical (unpaired) electrons. The summed E-state index contributed by atoms with van der Waals surface area (Å²) in [6.45, 7) is 0. The molecular formula is C14H12ClNO. The molecule has 3 heteroatoms. The second kappa shape index (κ2) is 5.60. The SMILES string of the molecule is O=CC(Cc1cccnc1)c1cccc(Cl)c1. The van der Waals surface area contributed by atoms with Crippen LogP contribution in [0, 0.1) is 0 Å². The van der Waals surface area contributed by atoms with Crippen molar-refractivity contribution in [1.82, 2.24) is 4.98 Å². The lowest BCUT2D eigenvalue weighted by Gasteiger charge is -2.10. The molecule has 0 saturated heterocycles. The molecule has 1 heterocycles. The number of halogens is 1. The molecule has 0 aliphatic heterocycles. The van der Waals surface area contributed by atoms with Crippen LogP contribution in [0.4, 0.5) is 0 Å². The number of hydrogen-bond donors (Lipinski definition) is 0. The molecule has 0 saturated carbocycles. The average Bonchev–Trinajstić information content (AvgIpc) is 2.37. The Morgan fingerprint density at radius 1 is 1.29 bits per heavy atom. The fraction of sp³-hybridized carbons (Fsp3) is 0.143. The van der Waals surface area contributed by atoms with Gasteiger partial charge in [0.1, 0.15) is 6.29 Å². The Morgan fingerprint density at radius 3 is 2.82 bits per heavy atom. The van der Waals surface area contributed by atoms with Gasteiger partial charge in [-0.1, -0.05) is 29.8 Å². The normalized spacial score (nSPS) is 12.1. The molecule has 2 rings (SSSR count). The number of benzene rings is 1. The first-order chi connectivity index (χ1) is 8.29. The molecule has 0 N–H and O–H groups in total. The van der Waals surface area contributed by atoms with E-state index in [2.05, 4.69) is 4.98 Å². The zero-order chi connectivity index (χ0) is 12.1. The van der Waals surface area contributed by atoms with E-state index in [4.69, 9.17) is 11.6 Å². The van der Waals surface area contributed by atoms with Gasteiger partial charge in [0.2, 0.25) is 0 Å². The molecule has 1 atom stereocenters. The molecule has 0 aliphatic carbocycles. The van der Waals surface area contributed by atoms with Gasteiger partial charge < -0.3 is 4.79 Å². The van der Waals surface area contributed by atoms with Crippen molar-refractivity contribution in [2.45, 2.75) is 12.3 Å². The van der Waals surface area contributed by atoms with Gasteiger partial charge in [-0.15, -0.1) is 0 Å². The van der Waals surface area contributed by atoms with E-state index >= 15 is 0 Å². The third-order valence-electron chi connectivity index (χ3n) is 2.62. The highest BCUT2D eigenvalue weighted by Crippen LogP contribution is 2.21. The van der Waals surface area contributed by atoms with Gasteiger partial charge in [0, 0.05) is 23.3 Å². The molecule has 17 heavy (non-hydrogen) atoms. The summed E-state index contributed by atoms with van der Waals surface area (Å²) in [5, 5.41) is 0.653. The maximum absolute atomic E-state index is 11.2. The Kier molecular flexibility index (Phi) is 3.89. The lowest BCUT2D eigenvalue weighted by molar-refractivity contribution is -0.109. The van der Waals surface area contributed by atoms with Gasteiger partial charge in [-0.25, -0.2) is 0 Å². The summed E-state index contributed by atoms with van der Waals surface area (Å²) in [6, 6.07) is 11.2. The molecular weight excluding hydrogens is 234 g/mol. The monoisotopic (exact) mass is 245 g/mol. The largest absolute Gasteiger partial charge is 0.303 e. The van der Waals surface area contributed by atoms with Gasteiger partial charge in [0.15, 0.2) is 0 Å². The number of pyridine rings is 1. The molecule has 1 unspecified atom stereocenters. The van der Waals surface area contributed by atoms with Crippen LogP contribution >= 0.6 is 11.6 Å². The number of aldehydes is 1. The average molecular weight is 246 g/mol. The third-order valence-corrected chi connectivity index (χ3v) is 2.85. The molecule has 0 amide bonds. The second-order valence-corrected chi connectivity index (χ2v) is 4.30. The second-order valence-electron chi connectivity index (χ2n) is 3.86. The first-order valence-corrected chi connectivity index (χ1v) is 5.77. The summed E-state index contributed by atoms with van der Waals surface area (Å²) in [5.41, 5.74) is 1.99. The van der Waals surface area contributed by atoms with E-state index in [1.54, 1.807) is 18.5 Å². The Morgan fingerprint density at radius 2 is 2.18 bits per heavy atom. The minimum absolute atomic E-state index is 0.169. The first kappa shape index (κ1) is 11.8. The van der Waals surface area contributed by atoms with Crippen LogP contribution < -0.4 is 0 Å². The summed E-state index contributed by atoms with van der Waals surface area (Å²) >= 11 is 5.92. The molecule has 86 valence electrons. The summed E-state index contributed by atoms with van der Waals surface area (Å²) < 4.78 is 0. The number of nitrogens with zero attached hydrogens (tertiary/aromatic N) is 1. The smallest absolute Gasteiger partial charge is 0.127 e. The zero-order valence-electron chi connectivity index (χ0n) is 9.21. The molecule has 0 aliphatic rings. The Labute approximate surface area is 105 Å². The van der Waals surface area contributed by atoms with Gasteiger partial charge in [-0.3, -0.25) is 4.98 Å². The fourth-order valence-electron chi connectivity index (χ4n) is 1.75. The van der Waals surface area contributed by atoms with Crippen molar-refractivity contribution in [3.63, 3.8) is 0 Å². The van der Waals surface area contributed by atoms with Gasteiger partial charge in [0.25, 0.3) is 0 Å². The van der Waals surface area contributed by atoms with Crippen molar-refractivity contribution in [3.05, 3.63) is 64.9 Å². The molecule has 1 aromatic carbocycles. The summed E-state index contributed by atoms with van der Waals surface area (Å²) in [6.07, 6.45) is 5.11. The molecule has 0 bridgehead atoms. The van der Waals surface area contributed by atoms with E-state index in [9.17, 15) is 4.79 Å². The highest BCUT2D eigenvalue weighted by Gasteiger charge is 2.11. The maximum Gasteiger partial charge on any atom is 0.127 e. The van der Waals surface area contributed by atoms with Crippen LogP contribution in [0.15, 0.2) is 48.8 Å². The van der Waals surface area contributed by atoms with E-state index in [1.807, 2.05) is 30.3 Å². The maximum atomic E-state index is 11.2. The summed E-state index contributed by atoms with van der Waals surface area (Å²) in [4.78, 5) is 15.2. The number of aromatic nitrogens is 1. The first-order valence-electron chi connectivity index (χ1n) is 5.39. The number of carbonyl (C=O) groups excluding carboxylic acids is 1. The topological polar surface area (TPSA) is 30.0 Å². The summed E-state index contributed by atoms with van der Waals surface area (Å²) in [5.74, 6) is -0.169. The Bertz CT molecular complexity index is 499. The summed E-state index contributed by atoms with van der Waals surface area (Å²) in [7, 11) is 0. The van der Waals surface area contributed by atoms with E-state index in [0.717, 1.165) is 17.4 Å². The standard InChI is InChI=1S/C14H12ClNO/c15-14-5-1-4-12(8-14)13(10-17)7-11-3-2-6-16-9-11/h1-6,8-10,13H,7H2. The lowest BCUT2D eigenvalue weighted by Crippen LogP contribution is -2.04. The van der Waals surface area contributed by atoms with Crippen molar-refractivity contribution < 1.29 is 4.79 Å². The van der Waals surface area contributed by atoms with Crippen LogP contribution in [0.3, 0.4) is 0 Å². The van der Waals surface area contributed by atoms with Crippen LogP contribution in [0.2, 0.25) is 5.02 Å². The molecule has 2 nitrogen and oxygen atoms in total. The predicted molar refractivity (Wildman–Crippen MR) is 68.2 cm³/mol. The Balaban J connectivity index is 2.20. The molecule has 0 fully saturated rings. The van der Waals surface area contributed by atoms with Gasteiger partial charge in [-0.2, -0.15) is 0 Å². The highest BCUT2D eigenvalue weighted by molar-refractivity contribution is 6.30. The van der Waals surface area contributed by atoms with E-state index < -0.39 is 0 Å². The van der Waals surface area contributed by atoms with Gasteiger partial charge in [-0.05, 0) is 35.7 Å². The van der Waals surface area contributed by atoms with Gasteiger partial charge >= 0.3 is 0 Å². The van der Waals surface area contributed by atoms with E-state index in [-0.39, 0.29) is 5.92 Å². The Hall–Kier alpha value is -1.67. The fourth-order valence-corrected chi connectivity index (χ4v) is 1.95. The minimum atomic E-state index is -0.169. The number of carbonyl (C=O) groups is 1. The van der Waals surface area contributed by atoms with Gasteiger partial charge in [0.05, 0.1) is 0 Å². The van der Waals surface area contributed by atoms with Crippen molar-refractivity contribution >= 4 is 17.9 Å². The minimum Gasteiger partial charge on any atom is -0.303 e.